The summed E-state index contributed by atoms with van der Waals surface area (Å²) >= 11 is 0. The van der Waals surface area contributed by atoms with Crippen LogP contribution in [0.4, 0.5) is 0 Å². The van der Waals surface area contributed by atoms with E-state index in [0.717, 1.165) is 77.8 Å². The maximum Gasteiger partial charge on any atom is 0.179 e. The minimum Gasteiger partial charge on any atom is -0.253 e. The number of hydrogen-bond acceptors (Lipinski definition) is 5. The molecular formula is C45H29N5. The summed E-state index contributed by atoms with van der Waals surface area (Å²) in [5.74, 6) is 1.30. The number of nitrogens with zero attached hydrogens (tertiary/aromatic N) is 5. The molecule has 50 heavy (non-hydrogen) atoms. The van der Waals surface area contributed by atoms with Gasteiger partial charge in [0.2, 0.25) is 0 Å². The Morgan fingerprint density at radius 3 is 1.68 bits per heavy atom. The zero-order chi connectivity index (χ0) is 33.3. The molecule has 5 nitrogen and oxygen atoms in total. The van der Waals surface area contributed by atoms with Crippen molar-refractivity contribution in [1.29, 1.82) is 0 Å². The first-order valence-electron chi connectivity index (χ1n) is 16.6. The van der Waals surface area contributed by atoms with Crippen LogP contribution in [0.15, 0.2) is 176 Å². The van der Waals surface area contributed by atoms with E-state index in [-0.39, 0.29) is 0 Å². The molecule has 6 aromatic carbocycles. The largest absolute Gasteiger partial charge is 0.253 e. The summed E-state index contributed by atoms with van der Waals surface area (Å²) in [6.45, 7) is 0. The third-order valence-corrected chi connectivity index (χ3v) is 8.94. The van der Waals surface area contributed by atoms with E-state index in [1.807, 2.05) is 60.7 Å². The topological polar surface area (TPSA) is 64.5 Å². The lowest BCUT2D eigenvalue weighted by Crippen LogP contribution is -1.97. The summed E-state index contributed by atoms with van der Waals surface area (Å²) in [5.41, 5.74) is 10.5. The molecule has 0 radical (unpaired) electrons. The van der Waals surface area contributed by atoms with Crippen LogP contribution in [0.3, 0.4) is 0 Å². The second kappa shape index (κ2) is 12.6. The summed E-state index contributed by atoms with van der Waals surface area (Å²) in [5, 5.41) is 3.22. The third kappa shape index (κ3) is 5.57. The highest BCUT2D eigenvalue weighted by molar-refractivity contribution is 6.10. The molecule has 0 saturated carbocycles. The van der Waals surface area contributed by atoms with E-state index in [1.165, 1.54) is 0 Å². The monoisotopic (exact) mass is 639 g/mol. The summed E-state index contributed by atoms with van der Waals surface area (Å²) in [4.78, 5) is 24.8. The first-order valence-corrected chi connectivity index (χ1v) is 16.6. The Bertz CT molecular complexity index is 2570. The van der Waals surface area contributed by atoms with Crippen LogP contribution in [0.2, 0.25) is 0 Å². The van der Waals surface area contributed by atoms with Gasteiger partial charge in [0.15, 0.2) is 11.6 Å². The number of fused-ring (bicyclic) bond motifs is 3. The molecule has 0 atom stereocenters. The Morgan fingerprint density at radius 1 is 0.320 bits per heavy atom. The Hall–Kier alpha value is -6.85. The maximum atomic E-state index is 5.20. The van der Waals surface area contributed by atoms with Gasteiger partial charge in [-0.2, -0.15) is 0 Å². The van der Waals surface area contributed by atoms with Crippen LogP contribution in [-0.2, 0) is 0 Å². The molecule has 0 amide bonds. The van der Waals surface area contributed by atoms with Crippen LogP contribution < -0.4 is 0 Å². The van der Waals surface area contributed by atoms with E-state index in [0.29, 0.717) is 11.6 Å². The minimum atomic E-state index is 0.590. The normalized spacial score (nSPS) is 11.2. The summed E-state index contributed by atoms with van der Waals surface area (Å²) in [7, 11) is 0. The highest BCUT2D eigenvalue weighted by atomic mass is 14.9. The first-order chi connectivity index (χ1) is 24.8. The number of rotatable bonds is 6. The van der Waals surface area contributed by atoms with Crippen molar-refractivity contribution in [2.24, 2.45) is 0 Å². The van der Waals surface area contributed by atoms with E-state index in [9.17, 15) is 0 Å². The maximum absolute atomic E-state index is 5.20. The van der Waals surface area contributed by atoms with Gasteiger partial charge in [-0.25, -0.2) is 19.9 Å². The van der Waals surface area contributed by atoms with Gasteiger partial charge in [-0.05, 0) is 52.9 Å². The molecule has 3 aromatic heterocycles. The van der Waals surface area contributed by atoms with Crippen molar-refractivity contribution < 1.29 is 0 Å². The van der Waals surface area contributed by atoms with Gasteiger partial charge in [0.05, 0.1) is 22.6 Å². The summed E-state index contributed by atoms with van der Waals surface area (Å²) in [6.07, 6.45) is 1.77. The quantitative estimate of drug-likeness (QED) is 0.169. The lowest BCUT2D eigenvalue weighted by atomic mass is 9.96. The molecule has 0 aliphatic carbocycles. The van der Waals surface area contributed by atoms with Crippen molar-refractivity contribution in [3.05, 3.63) is 176 Å². The number of aromatic nitrogens is 5. The molecule has 0 N–H and O–H groups in total. The van der Waals surface area contributed by atoms with E-state index in [4.69, 9.17) is 19.9 Å². The second-order valence-electron chi connectivity index (χ2n) is 12.1. The van der Waals surface area contributed by atoms with Gasteiger partial charge in [-0.1, -0.05) is 133 Å². The number of hydrogen-bond donors (Lipinski definition) is 0. The molecule has 3 heterocycles. The average molecular weight is 640 g/mol. The fourth-order valence-corrected chi connectivity index (χ4v) is 6.44. The van der Waals surface area contributed by atoms with Crippen molar-refractivity contribution in [3.8, 4) is 67.8 Å². The lowest BCUT2D eigenvalue weighted by molar-refractivity contribution is 1.15. The zero-order valence-corrected chi connectivity index (χ0v) is 27.0. The van der Waals surface area contributed by atoms with Gasteiger partial charge in [0.1, 0.15) is 5.69 Å². The van der Waals surface area contributed by atoms with Crippen LogP contribution in [0, 0.1) is 0 Å². The standard InChI is InChI=1S/C45H29N5/c1-4-13-31(14-5-1)40-29-41(48-45(47-40)39-21-10-11-26-46-39)36-20-12-19-34(27-36)35-23-22-30-24-25-37-42(32-15-6-2-7-16-32)49-44(33-17-8-3-9-18-33)50-43(37)38(30)28-35/h1-29H. The number of pyridine rings is 1. The SMILES string of the molecule is c1ccc(-c2cc(-c3cccc(-c4ccc5ccc6c(-c7ccccc7)nc(-c7ccccc7)nc6c5c4)c3)nc(-c3ccccn3)n2)cc1. The second-order valence-corrected chi connectivity index (χ2v) is 12.1. The fraction of sp³-hybridized carbons (Fsp3) is 0. The van der Waals surface area contributed by atoms with Crippen LogP contribution in [0.25, 0.3) is 89.5 Å². The lowest BCUT2D eigenvalue weighted by Gasteiger charge is -2.13. The van der Waals surface area contributed by atoms with Crippen molar-refractivity contribution in [2.75, 3.05) is 0 Å². The summed E-state index contributed by atoms with van der Waals surface area (Å²) < 4.78 is 0. The Morgan fingerprint density at radius 2 is 0.940 bits per heavy atom. The molecule has 9 rings (SSSR count). The van der Waals surface area contributed by atoms with Crippen molar-refractivity contribution in [3.63, 3.8) is 0 Å². The predicted octanol–water partition coefficient (Wildman–Crippen LogP) is 11.0. The van der Waals surface area contributed by atoms with Gasteiger partial charge in [0, 0.05) is 39.2 Å². The van der Waals surface area contributed by atoms with Crippen LogP contribution in [0.5, 0.6) is 0 Å². The van der Waals surface area contributed by atoms with Crippen LogP contribution in [-0.4, -0.2) is 24.9 Å². The molecule has 0 saturated heterocycles. The van der Waals surface area contributed by atoms with Crippen LogP contribution in [0.1, 0.15) is 0 Å². The Kier molecular flexibility index (Phi) is 7.41. The molecule has 0 aliphatic rings. The Balaban J connectivity index is 1.20. The van der Waals surface area contributed by atoms with E-state index < -0.39 is 0 Å². The zero-order valence-electron chi connectivity index (χ0n) is 27.0. The van der Waals surface area contributed by atoms with Crippen LogP contribution >= 0.6 is 0 Å². The van der Waals surface area contributed by atoms with Gasteiger partial charge >= 0.3 is 0 Å². The average Bonchev–Trinajstić information content (AvgIpc) is 3.21. The van der Waals surface area contributed by atoms with Gasteiger partial charge in [-0.15, -0.1) is 0 Å². The molecule has 0 spiro atoms. The molecule has 9 aromatic rings. The molecule has 234 valence electrons. The Labute approximate surface area is 289 Å². The van der Waals surface area contributed by atoms with Gasteiger partial charge in [0.25, 0.3) is 0 Å². The molecular weight excluding hydrogens is 611 g/mol. The van der Waals surface area contributed by atoms with Gasteiger partial charge in [-0.3, -0.25) is 4.98 Å². The molecule has 0 fully saturated rings. The van der Waals surface area contributed by atoms with E-state index in [2.05, 4.69) is 114 Å². The number of benzene rings is 6. The minimum absolute atomic E-state index is 0.590. The van der Waals surface area contributed by atoms with Crippen molar-refractivity contribution in [1.82, 2.24) is 24.9 Å². The van der Waals surface area contributed by atoms with E-state index >= 15 is 0 Å². The third-order valence-electron chi connectivity index (χ3n) is 8.94. The van der Waals surface area contributed by atoms with Crippen molar-refractivity contribution >= 4 is 21.7 Å². The molecule has 0 aliphatic heterocycles. The molecule has 5 heteroatoms. The van der Waals surface area contributed by atoms with Gasteiger partial charge < -0.3 is 0 Å². The predicted molar refractivity (Wildman–Crippen MR) is 203 cm³/mol. The smallest absolute Gasteiger partial charge is 0.179 e. The molecule has 0 unspecified atom stereocenters. The highest BCUT2D eigenvalue weighted by Gasteiger charge is 2.16. The van der Waals surface area contributed by atoms with Crippen molar-refractivity contribution in [2.45, 2.75) is 0 Å². The highest BCUT2D eigenvalue weighted by Crippen LogP contribution is 2.36. The van der Waals surface area contributed by atoms with E-state index in [1.54, 1.807) is 6.20 Å². The molecule has 0 bridgehead atoms. The summed E-state index contributed by atoms with van der Waals surface area (Å²) in [6, 6.07) is 58.1. The first kappa shape index (κ1) is 29.3. The fourth-order valence-electron chi connectivity index (χ4n) is 6.44.